The standard InChI is InChI=1S/C20H32ClFO4/c1-14(23)7-6-8-15(24)11-12-17-16(18(21)13-19(17)22)9-4-2-3-5-10-20(25)26/h2,4,11-12,14-19,23-24H,3,5-10,13H2,1H3,(H,25,26)/t14-,15+,16-,17-,18-,19-/m1/s1. The zero-order valence-electron chi connectivity index (χ0n) is 15.4. The van der Waals surface area contributed by atoms with E-state index in [0.717, 1.165) is 0 Å². The maximum absolute atomic E-state index is 14.3. The molecule has 0 spiro atoms. The molecule has 1 aliphatic carbocycles. The van der Waals surface area contributed by atoms with Crippen molar-refractivity contribution in [2.45, 2.75) is 82.0 Å². The van der Waals surface area contributed by atoms with Crippen LogP contribution in [0.4, 0.5) is 4.39 Å². The molecule has 26 heavy (non-hydrogen) atoms. The van der Waals surface area contributed by atoms with Gasteiger partial charge >= 0.3 is 5.97 Å². The SMILES string of the molecule is C[C@@H](O)CCC[C@H](O)C=C[C@@H]1[C@@H](CC=CCCCC(=O)O)[C@H](Cl)C[C@H]1F. The van der Waals surface area contributed by atoms with E-state index >= 15 is 0 Å². The van der Waals surface area contributed by atoms with Crippen molar-refractivity contribution < 1.29 is 24.5 Å². The molecule has 4 nitrogen and oxygen atoms in total. The molecule has 0 bridgehead atoms. The Bertz CT molecular complexity index is 467. The lowest BCUT2D eigenvalue weighted by molar-refractivity contribution is -0.137. The maximum Gasteiger partial charge on any atom is 0.303 e. The van der Waals surface area contributed by atoms with Gasteiger partial charge in [0.2, 0.25) is 0 Å². The molecule has 0 unspecified atom stereocenters. The van der Waals surface area contributed by atoms with Crippen molar-refractivity contribution in [1.82, 2.24) is 0 Å². The number of carboxylic acid groups (broad SMARTS) is 1. The summed E-state index contributed by atoms with van der Waals surface area (Å²) in [6, 6.07) is 0. The van der Waals surface area contributed by atoms with Crippen LogP contribution in [0.3, 0.4) is 0 Å². The van der Waals surface area contributed by atoms with Gasteiger partial charge in [-0.3, -0.25) is 4.79 Å². The first kappa shape index (κ1) is 23.1. The van der Waals surface area contributed by atoms with Crippen molar-refractivity contribution >= 4 is 17.6 Å². The summed E-state index contributed by atoms with van der Waals surface area (Å²) in [5, 5.41) is 27.6. The summed E-state index contributed by atoms with van der Waals surface area (Å²) in [6.45, 7) is 1.72. The van der Waals surface area contributed by atoms with Gasteiger partial charge in [0.15, 0.2) is 0 Å². The third-order valence-electron chi connectivity index (χ3n) is 4.84. The number of aliphatic hydroxyl groups is 2. The number of allylic oxidation sites excluding steroid dienone is 3. The largest absolute Gasteiger partial charge is 0.481 e. The first-order valence-electron chi connectivity index (χ1n) is 9.50. The molecule has 0 heterocycles. The second-order valence-corrected chi connectivity index (χ2v) is 7.79. The first-order valence-corrected chi connectivity index (χ1v) is 9.94. The molecule has 0 aromatic heterocycles. The molecular weight excluding hydrogens is 359 g/mol. The number of halogens is 2. The number of unbranched alkanes of at least 4 members (excludes halogenated alkanes) is 1. The predicted octanol–water partition coefficient (Wildman–Crippen LogP) is 4.24. The summed E-state index contributed by atoms with van der Waals surface area (Å²) < 4.78 is 14.3. The van der Waals surface area contributed by atoms with Crippen LogP contribution in [0.1, 0.15) is 58.3 Å². The van der Waals surface area contributed by atoms with Gasteiger partial charge < -0.3 is 15.3 Å². The minimum Gasteiger partial charge on any atom is -0.481 e. The molecule has 1 aliphatic rings. The van der Waals surface area contributed by atoms with E-state index in [1.807, 2.05) is 12.2 Å². The topological polar surface area (TPSA) is 77.8 Å². The van der Waals surface area contributed by atoms with Gasteiger partial charge in [0.1, 0.15) is 6.17 Å². The van der Waals surface area contributed by atoms with E-state index in [1.54, 1.807) is 19.1 Å². The van der Waals surface area contributed by atoms with Gasteiger partial charge in [0.05, 0.1) is 12.2 Å². The quantitative estimate of drug-likeness (QED) is 0.264. The number of hydrogen-bond donors (Lipinski definition) is 3. The fraction of sp³-hybridized carbons (Fsp3) is 0.750. The molecule has 1 saturated carbocycles. The van der Waals surface area contributed by atoms with Crippen LogP contribution in [-0.2, 0) is 4.79 Å². The zero-order chi connectivity index (χ0) is 19.5. The van der Waals surface area contributed by atoms with Crippen molar-refractivity contribution in [3.63, 3.8) is 0 Å². The van der Waals surface area contributed by atoms with Crippen LogP contribution in [0.2, 0.25) is 0 Å². The molecule has 0 radical (unpaired) electrons. The van der Waals surface area contributed by atoms with Crippen LogP contribution < -0.4 is 0 Å². The summed E-state index contributed by atoms with van der Waals surface area (Å²) in [5.41, 5.74) is 0. The van der Waals surface area contributed by atoms with Gasteiger partial charge in [-0.1, -0.05) is 24.3 Å². The summed E-state index contributed by atoms with van der Waals surface area (Å²) in [5.74, 6) is -1.14. The van der Waals surface area contributed by atoms with E-state index in [0.29, 0.717) is 44.9 Å². The van der Waals surface area contributed by atoms with Gasteiger partial charge in [-0.15, -0.1) is 11.6 Å². The van der Waals surface area contributed by atoms with Crippen LogP contribution in [0.15, 0.2) is 24.3 Å². The highest BCUT2D eigenvalue weighted by Gasteiger charge is 2.40. The van der Waals surface area contributed by atoms with Crippen LogP contribution in [0.25, 0.3) is 0 Å². The van der Waals surface area contributed by atoms with Crippen molar-refractivity contribution in [2.75, 3.05) is 0 Å². The lowest BCUT2D eigenvalue weighted by atomic mass is 9.90. The fourth-order valence-electron chi connectivity index (χ4n) is 3.34. The van der Waals surface area contributed by atoms with Crippen LogP contribution in [0, 0.1) is 11.8 Å². The lowest BCUT2D eigenvalue weighted by Crippen LogP contribution is -2.17. The van der Waals surface area contributed by atoms with Crippen LogP contribution in [-0.4, -0.2) is 45.0 Å². The third kappa shape index (κ3) is 9.15. The monoisotopic (exact) mass is 390 g/mol. The van der Waals surface area contributed by atoms with Crippen molar-refractivity contribution in [3.05, 3.63) is 24.3 Å². The van der Waals surface area contributed by atoms with Gasteiger partial charge in [0.25, 0.3) is 0 Å². The highest BCUT2D eigenvalue weighted by atomic mass is 35.5. The molecule has 6 atom stereocenters. The van der Waals surface area contributed by atoms with Crippen LogP contribution in [0.5, 0.6) is 0 Å². The average Bonchev–Trinajstić information content (AvgIpc) is 2.81. The first-order chi connectivity index (χ1) is 12.3. The van der Waals surface area contributed by atoms with E-state index in [1.165, 1.54) is 0 Å². The molecule has 150 valence electrons. The Hall–Kier alpha value is -0.910. The second kappa shape index (κ2) is 12.5. The highest BCUT2D eigenvalue weighted by Crippen LogP contribution is 2.41. The lowest BCUT2D eigenvalue weighted by Gasteiger charge is -2.18. The molecule has 1 rings (SSSR count). The Morgan fingerprint density at radius 1 is 1.27 bits per heavy atom. The Morgan fingerprint density at radius 2 is 2.00 bits per heavy atom. The van der Waals surface area contributed by atoms with Crippen molar-refractivity contribution in [2.24, 2.45) is 11.8 Å². The van der Waals surface area contributed by atoms with Crippen molar-refractivity contribution in [1.29, 1.82) is 0 Å². The average molecular weight is 391 g/mol. The molecule has 1 fully saturated rings. The van der Waals surface area contributed by atoms with E-state index < -0.39 is 18.2 Å². The fourth-order valence-corrected chi connectivity index (χ4v) is 3.78. The number of aliphatic carboxylic acids is 1. The van der Waals surface area contributed by atoms with Gasteiger partial charge in [-0.05, 0) is 57.8 Å². The molecule has 0 aliphatic heterocycles. The normalized spacial score (nSPS) is 28.8. The molecule has 6 heteroatoms. The number of hydrogen-bond acceptors (Lipinski definition) is 3. The minimum atomic E-state index is -1.01. The van der Waals surface area contributed by atoms with Gasteiger partial charge in [0, 0.05) is 17.7 Å². The Balaban J connectivity index is 2.46. The number of alkyl halides is 2. The highest BCUT2D eigenvalue weighted by molar-refractivity contribution is 6.21. The third-order valence-corrected chi connectivity index (χ3v) is 5.34. The second-order valence-electron chi connectivity index (χ2n) is 7.23. The molecule has 0 aromatic carbocycles. The minimum absolute atomic E-state index is 0.0247. The summed E-state index contributed by atoms with van der Waals surface area (Å²) in [4.78, 5) is 10.5. The Morgan fingerprint density at radius 3 is 2.65 bits per heavy atom. The predicted molar refractivity (Wildman–Crippen MR) is 102 cm³/mol. The zero-order valence-corrected chi connectivity index (χ0v) is 16.2. The molecule has 3 N–H and O–H groups in total. The summed E-state index contributed by atoms with van der Waals surface area (Å²) in [6.07, 6.45) is 9.56. The number of aliphatic hydroxyl groups excluding tert-OH is 2. The van der Waals surface area contributed by atoms with Crippen molar-refractivity contribution in [3.8, 4) is 0 Å². The van der Waals surface area contributed by atoms with Crippen LogP contribution >= 0.6 is 11.6 Å². The summed E-state index contributed by atoms with van der Waals surface area (Å²) in [7, 11) is 0. The van der Waals surface area contributed by atoms with Gasteiger partial charge in [-0.25, -0.2) is 4.39 Å². The smallest absolute Gasteiger partial charge is 0.303 e. The molecule has 0 amide bonds. The van der Waals surface area contributed by atoms with E-state index in [2.05, 4.69) is 0 Å². The Kier molecular flexibility index (Phi) is 11.1. The number of rotatable bonds is 12. The van der Waals surface area contributed by atoms with E-state index in [4.69, 9.17) is 16.7 Å². The molecule has 0 aromatic rings. The number of carbonyl (C=O) groups is 1. The summed E-state index contributed by atoms with van der Waals surface area (Å²) >= 11 is 6.31. The number of carboxylic acids is 1. The van der Waals surface area contributed by atoms with E-state index in [-0.39, 0.29) is 29.7 Å². The van der Waals surface area contributed by atoms with E-state index in [9.17, 15) is 19.4 Å². The maximum atomic E-state index is 14.3. The Labute approximate surface area is 160 Å². The molecular formula is C20H32ClFO4. The molecule has 0 saturated heterocycles. The van der Waals surface area contributed by atoms with Gasteiger partial charge in [-0.2, -0.15) is 0 Å².